The molecular formula is C14H24N4O3. The summed E-state index contributed by atoms with van der Waals surface area (Å²) in [4.78, 5) is 18.0. The molecule has 0 aliphatic heterocycles. The van der Waals surface area contributed by atoms with Crippen molar-refractivity contribution in [2.75, 3.05) is 19.7 Å². The van der Waals surface area contributed by atoms with Gasteiger partial charge in [0.05, 0.1) is 6.54 Å². The van der Waals surface area contributed by atoms with E-state index in [1.165, 1.54) is 0 Å². The predicted octanol–water partition coefficient (Wildman–Crippen LogP) is 1.50. The van der Waals surface area contributed by atoms with Crippen LogP contribution in [0.2, 0.25) is 0 Å². The van der Waals surface area contributed by atoms with Gasteiger partial charge in [-0.1, -0.05) is 12.1 Å². The molecule has 1 fully saturated rings. The quantitative estimate of drug-likeness (QED) is 0.758. The highest BCUT2D eigenvalue weighted by Crippen LogP contribution is 2.38. The van der Waals surface area contributed by atoms with Gasteiger partial charge < -0.3 is 19.8 Å². The Labute approximate surface area is 124 Å². The van der Waals surface area contributed by atoms with E-state index in [1.807, 2.05) is 13.8 Å². The second-order valence-corrected chi connectivity index (χ2v) is 5.65. The molecule has 0 radical (unpaired) electrons. The average Bonchev–Trinajstić information content (AvgIpc) is 3.24. The molecule has 7 nitrogen and oxygen atoms in total. The molecule has 0 aromatic carbocycles. The van der Waals surface area contributed by atoms with E-state index in [1.54, 1.807) is 4.90 Å². The van der Waals surface area contributed by atoms with E-state index >= 15 is 0 Å². The van der Waals surface area contributed by atoms with Crippen LogP contribution in [0.3, 0.4) is 0 Å². The third kappa shape index (κ3) is 4.70. The predicted molar refractivity (Wildman–Crippen MR) is 76.6 cm³/mol. The Morgan fingerprint density at radius 1 is 1.57 bits per heavy atom. The molecule has 2 rings (SSSR count). The zero-order valence-electron chi connectivity index (χ0n) is 12.7. The molecule has 1 unspecified atom stereocenters. The Morgan fingerprint density at radius 2 is 2.33 bits per heavy atom. The van der Waals surface area contributed by atoms with Crippen molar-refractivity contribution < 1.29 is 14.4 Å². The first-order valence-electron chi connectivity index (χ1n) is 7.60. The summed E-state index contributed by atoms with van der Waals surface area (Å²) in [6, 6.07) is -0.139. The van der Waals surface area contributed by atoms with Gasteiger partial charge in [0, 0.05) is 25.6 Å². The standard InChI is InChI=1S/C14H24N4O3/c1-3-18(14(20)15-7-6-10(2)9-19)8-12-16-13(21-17-12)11-4-5-11/h10-11,19H,3-9H2,1-2H3,(H,15,20). The van der Waals surface area contributed by atoms with Crippen molar-refractivity contribution in [3.8, 4) is 0 Å². The third-order valence-corrected chi connectivity index (χ3v) is 3.64. The van der Waals surface area contributed by atoms with Crippen LogP contribution in [0.4, 0.5) is 4.79 Å². The van der Waals surface area contributed by atoms with Gasteiger partial charge in [-0.15, -0.1) is 0 Å². The van der Waals surface area contributed by atoms with Crippen LogP contribution in [0.1, 0.15) is 50.7 Å². The molecule has 1 atom stereocenters. The van der Waals surface area contributed by atoms with E-state index in [2.05, 4.69) is 15.5 Å². The molecule has 118 valence electrons. The fourth-order valence-corrected chi connectivity index (χ4v) is 1.95. The summed E-state index contributed by atoms with van der Waals surface area (Å²) in [7, 11) is 0. The molecule has 0 bridgehead atoms. The Morgan fingerprint density at radius 3 is 2.95 bits per heavy atom. The summed E-state index contributed by atoms with van der Waals surface area (Å²) in [6.07, 6.45) is 2.99. The lowest BCUT2D eigenvalue weighted by Gasteiger charge is -2.20. The van der Waals surface area contributed by atoms with Gasteiger partial charge in [0.15, 0.2) is 5.82 Å². The first-order valence-corrected chi connectivity index (χ1v) is 7.60. The summed E-state index contributed by atoms with van der Waals surface area (Å²) >= 11 is 0. The van der Waals surface area contributed by atoms with Gasteiger partial charge >= 0.3 is 6.03 Å². The van der Waals surface area contributed by atoms with Gasteiger partial charge in [0.2, 0.25) is 5.89 Å². The number of rotatable bonds is 8. The van der Waals surface area contributed by atoms with E-state index in [0.29, 0.717) is 37.3 Å². The van der Waals surface area contributed by atoms with Crippen molar-refractivity contribution in [3.05, 3.63) is 11.7 Å². The fourth-order valence-electron chi connectivity index (χ4n) is 1.95. The van der Waals surface area contributed by atoms with Gasteiger partial charge in [-0.3, -0.25) is 0 Å². The molecule has 7 heteroatoms. The first-order chi connectivity index (χ1) is 10.1. The molecule has 1 aromatic heterocycles. The van der Waals surface area contributed by atoms with Gasteiger partial charge in [-0.05, 0) is 32.1 Å². The lowest BCUT2D eigenvalue weighted by Crippen LogP contribution is -2.40. The molecule has 1 heterocycles. The van der Waals surface area contributed by atoms with Crippen LogP contribution in [-0.2, 0) is 6.54 Å². The molecule has 0 spiro atoms. The zero-order valence-corrected chi connectivity index (χ0v) is 12.7. The van der Waals surface area contributed by atoms with Crippen LogP contribution in [0.15, 0.2) is 4.52 Å². The number of carbonyl (C=O) groups is 1. The van der Waals surface area contributed by atoms with Gasteiger partial charge in [0.25, 0.3) is 0 Å². The minimum Gasteiger partial charge on any atom is -0.396 e. The van der Waals surface area contributed by atoms with E-state index in [-0.39, 0.29) is 18.6 Å². The lowest BCUT2D eigenvalue weighted by atomic mass is 10.1. The van der Waals surface area contributed by atoms with Crippen LogP contribution in [0.5, 0.6) is 0 Å². The molecule has 0 saturated heterocycles. The lowest BCUT2D eigenvalue weighted by molar-refractivity contribution is 0.192. The maximum atomic E-state index is 12.1. The van der Waals surface area contributed by atoms with Crippen LogP contribution in [-0.4, -0.2) is 45.9 Å². The second kappa shape index (κ2) is 7.40. The maximum absolute atomic E-state index is 12.1. The van der Waals surface area contributed by atoms with E-state index in [4.69, 9.17) is 9.63 Å². The molecule has 1 aliphatic rings. The highest BCUT2D eigenvalue weighted by Gasteiger charge is 2.30. The zero-order chi connectivity index (χ0) is 15.2. The SMILES string of the molecule is CCN(Cc1noc(C2CC2)n1)C(=O)NCCC(C)CO. The summed E-state index contributed by atoms with van der Waals surface area (Å²) in [6.45, 7) is 5.49. The van der Waals surface area contributed by atoms with Crippen LogP contribution >= 0.6 is 0 Å². The van der Waals surface area contributed by atoms with Crippen molar-refractivity contribution in [1.82, 2.24) is 20.4 Å². The van der Waals surface area contributed by atoms with Crippen molar-refractivity contribution in [1.29, 1.82) is 0 Å². The molecule has 1 saturated carbocycles. The van der Waals surface area contributed by atoms with Gasteiger partial charge in [0.1, 0.15) is 0 Å². The normalized spacial score (nSPS) is 15.8. The summed E-state index contributed by atoms with van der Waals surface area (Å²) < 4.78 is 5.19. The van der Waals surface area contributed by atoms with Gasteiger partial charge in [-0.2, -0.15) is 4.98 Å². The number of aromatic nitrogens is 2. The molecular weight excluding hydrogens is 272 g/mol. The first kappa shape index (κ1) is 15.8. The Balaban J connectivity index is 1.78. The summed E-state index contributed by atoms with van der Waals surface area (Å²) in [5.74, 6) is 1.87. The summed E-state index contributed by atoms with van der Waals surface area (Å²) in [5, 5.41) is 15.7. The molecule has 2 N–H and O–H groups in total. The Hall–Kier alpha value is -1.63. The van der Waals surface area contributed by atoms with Crippen molar-refractivity contribution in [2.24, 2.45) is 5.92 Å². The summed E-state index contributed by atoms with van der Waals surface area (Å²) in [5.41, 5.74) is 0. The van der Waals surface area contributed by atoms with Crippen LogP contribution < -0.4 is 5.32 Å². The number of hydrogen-bond acceptors (Lipinski definition) is 5. The second-order valence-electron chi connectivity index (χ2n) is 5.65. The van der Waals surface area contributed by atoms with E-state index in [9.17, 15) is 4.79 Å². The number of nitrogens with zero attached hydrogens (tertiary/aromatic N) is 3. The van der Waals surface area contributed by atoms with Crippen molar-refractivity contribution in [3.63, 3.8) is 0 Å². The minimum absolute atomic E-state index is 0.139. The van der Waals surface area contributed by atoms with Crippen LogP contribution in [0.25, 0.3) is 0 Å². The van der Waals surface area contributed by atoms with Crippen LogP contribution in [0, 0.1) is 5.92 Å². The average molecular weight is 296 g/mol. The van der Waals surface area contributed by atoms with Gasteiger partial charge in [-0.25, -0.2) is 4.79 Å². The highest BCUT2D eigenvalue weighted by molar-refractivity contribution is 5.73. The number of amides is 2. The number of aliphatic hydroxyl groups is 1. The monoisotopic (exact) mass is 296 g/mol. The number of urea groups is 1. The van der Waals surface area contributed by atoms with E-state index in [0.717, 1.165) is 19.3 Å². The molecule has 1 aliphatic carbocycles. The number of hydrogen-bond donors (Lipinski definition) is 2. The van der Waals surface area contributed by atoms with Crippen molar-refractivity contribution >= 4 is 6.03 Å². The topological polar surface area (TPSA) is 91.5 Å². The Bertz CT molecular complexity index is 459. The third-order valence-electron chi connectivity index (χ3n) is 3.64. The number of aliphatic hydroxyl groups excluding tert-OH is 1. The van der Waals surface area contributed by atoms with Crippen molar-refractivity contribution in [2.45, 2.75) is 45.6 Å². The molecule has 1 aromatic rings. The maximum Gasteiger partial charge on any atom is 0.317 e. The fraction of sp³-hybridized carbons (Fsp3) is 0.786. The smallest absolute Gasteiger partial charge is 0.317 e. The number of carbonyl (C=O) groups excluding carboxylic acids is 1. The molecule has 2 amide bonds. The Kier molecular flexibility index (Phi) is 5.55. The largest absolute Gasteiger partial charge is 0.396 e. The minimum atomic E-state index is -0.139. The number of nitrogens with one attached hydrogen (secondary N) is 1. The highest BCUT2D eigenvalue weighted by atomic mass is 16.5. The van der Waals surface area contributed by atoms with E-state index < -0.39 is 0 Å². The molecule has 21 heavy (non-hydrogen) atoms.